The molecule has 5 aromatic rings. The van der Waals surface area contributed by atoms with Crippen LogP contribution in [0.25, 0.3) is 44.5 Å². The first-order chi connectivity index (χ1) is 15.7. The number of anilines is 1. The van der Waals surface area contributed by atoms with Gasteiger partial charge in [0.2, 0.25) is 0 Å². The number of benzene rings is 5. The Labute approximate surface area is 189 Å². The second-order valence-electron chi connectivity index (χ2n) is 8.24. The Morgan fingerprint density at radius 2 is 0.688 bits per heavy atom. The van der Waals surface area contributed by atoms with Crippen molar-refractivity contribution in [3.05, 3.63) is 127 Å². The minimum Gasteiger partial charge on any atom is -0.399 e. The van der Waals surface area contributed by atoms with E-state index in [2.05, 4.69) is 110 Å². The lowest BCUT2D eigenvalue weighted by molar-refractivity contribution is 1.47. The molecule has 0 fully saturated rings. The van der Waals surface area contributed by atoms with Crippen molar-refractivity contribution in [2.75, 3.05) is 5.73 Å². The van der Waals surface area contributed by atoms with Crippen molar-refractivity contribution in [1.82, 2.24) is 0 Å². The van der Waals surface area contributed by atoms with E-state index in [9.17, 15) is 0 Å². The van der Waals surface area contributed by atoms with Crippen LogP contribution in [-0.4, -0.2) is 0 Å². The van der Waals surface area contributed by atoms with E-state index in [0.29, 0.717) is 0 Å². The molecule has 0 heterocycles. The van der Waals surface area contributed by atoms with E-state index in [1.54, 1.807) is 0 Å². The number of hydrogen-bond donors (Lipinski definition) is 1. The molecule has 1 heteroatoms. The first-order valence-corrected chi connectivity index (χ1v) is 10.9. The van der Waals surface area contributed by atoms with Gasteiger partial charge in [0.05, 0.1) is 0 Å². The highest BCUT2D eigenvalue weighted by Crippen LogP contribution is 2.32. The third-order valence-corrected chi connectivity index (χ3v) is 5.83. The van der Waals surface area contributed by atoms with E-state index in [4.69, 9.17) is 5.73 Å². The van der Waals surface area contributed by atoms with Crippen molar-refractivity contribution in [3.63, 3.8) is 0 Å². The van der Waals surface area contributed by atoms with E-state index >= 15 is 0 Å². The molecule has 0 aliphatic rings. The average molecular weight is 412 g/mol. The van der Waals surface area contributed by atoms with Crippen LogP contribution >= 0.6 is 0 Å². The zero-order chi connectivity index (χ0) is 21.9. The number of aryl methyl sites for hydroxylation is 1. The van der Waals surface area contributed by atoms with Gasteiger partial charge in [0.25, 0.3) is 0 Å². The van der Waals surface area contributed by atoms with Gasteiger partial charge in [-0.05, 0) is 81.8 Å². The highest BCUT2D eigenvalue weighted by molar-refractivity contribution is 5.79. The molecule has 0 saturated heterocycles. The molecule has 0 aliphatic carbocycles. The van der Waals surface area contributed by atoms with Gasteiger partial charge in [-0.1, -0.05) is 96.6 Å². The summed E-state index contributed by atoms with van der Waals surface area (Å²) in [6.07, 6.45) is 0. The number of rotatable bonds is 4. The average Bonchev–Trinajstić information content (AvgIpc) is 2.84. The minimum absolute atomic E-state index is 0.781. The van der Waals surface area contributed by atoms with Crippen LogP contribution in [0.4, 0.5) is 5.69 Å². The van der Waals surface area contributed by atoms with Gasteiger partial charge < -0.3 is 5.73 Å². The van der Waals surface area contributed by atoms with Crippen LogP contribution in [0.1, 0.15) is 5.56 Å². The lowest BCUT2D eigenvalue weighted by Gasteiger charge is -2.10. The van der Waals surface area contributed by atoms with Crippen molar-refractivity contribution in [3.8, 4) is 44.5 Å². The predicted octanol–water partition coefficient (Wildman–Crippen LogP) is 8.25. The molecule has 0 amide bonds. The molecule has 0 aromatic heterocycles. The number of nitrogen functional groups attached to an aromatic ring is 1. The van der Waals surface area contributed by atoms with Gasteiger partial charge in [0.1, 0.15) is 0 Å². The summed E-state index contributed by atoms with van der Waals surface area (Å²) < 4.78 is 0. The first-order valence-electron chi connectivity index (χ1n) is 10.9. The molecule has 0 bridgehead atoms. The fourth-order valence-corrected chi connectivity index (χ4v) is 4.18. The Bertz CT molecular complexity index is 1290. The minimum atomic E-state index is 0.781. The van der Waals surface area contributed by atoms with Gasteiger partial charge in [-0.15, -0.1) is 0 Å². The summed E-state index contributed by atoms with van der Waals surface area (Å²) in [5.74, 6) is 0. The van der Waals surface area contributed by atoms with Gasteiger partial charge in [0.15, 0.2) is 0 Å². The Hall–Kier alpha value is -4.10. The summed E-state index contributed by atoms with van der Waals surface area (Å²) in [5.41, 5.74) is 17.7. The molecule has 32 heavy (non-hydrogen) atoms. The largest absolute Gasteiger partial charge is 0.399 e. The zero-order valence-electron chi connectivity index (χ0n) is 18.1. The maximum Gasteiger partial charge on any atom is 0.0320 e. The van der Waals surface area contributed by atoms with E-state index in [1.807, 2.05) is 18.2 Å². The van der Waals surface area contributed by atoms with Crippen LogP contribution < -0.4 is 5.73 Å². The molecule has 0 atom stereocenters. The second kappa shape index (κ2) is 8.56. The first kappa shape index (κ1) is 19.8. The lowest BCUT2D eigenvalue weighted by Crippen LogP contribution is -1.86. The van der Waals surface area contributed by atoms with Crippen molar-refractivity contribution >= 4 is 5.69 Å². The molecule has 154 valence electrons. The fraction of sp³-hybridized carbons (Fsp3) is 0.0323. The molecule has 5 aromatic carbocycles. The highest BCUT2D eigenvalue weighted by Gasteiger charge is 2.06. The number of nitrogens with two attached hydrogens (primary N) is 1. The normalized spacial score (nSPS) is 10.8. The van der Waals surface area contributed by atoms with Gasteiger partial charge in [-0.3, -0.25) is 0 Å². The van der Waals surface area contributed by atoms with Crippen molar-refractivity contribution < 1.29 is 0 Å². The van der Waals surface area contributed by atoms with Crippen LogP contribution in [0.3, 0.4) is 0 Å². The summed E-state index contributed by atoms with van der Waals surface area (Å²) in [6, 6.07) is 42.9. The molecule has 0 spiro atoms. The zero-order valence-corrected chi connectivity index (χ0v) is 18.1. The van der Waals surface area contributed by atoms with Gasteiger partial charge >= 0.3 is 0 Å². The van der Waals surface area contributed by atoms with Crippen molar-refractivity contribution in [2.24, 2.45) is 0 Å². The maximum atomic E-state index is 5.99. The fourth-order valence-electron chi connectivity index (χ4n) is 4.18. The Balaban J connectivity index is 1.51. The van der Waals surface area contributed by atoms with Crippen LogP contribution in [-0.2, 0) is 0 Å². The molecule has 0 saturated carbocycles. The number of hydrogen-bond acceptors (Lipinski definition) is 1. The highest BCUT2D eigenvalue weighted by atomic mass is 14.5. The summed E-state index contributed by atoms with van der Waals surface area (Å²) in [5, 5.41) is 0. The Morgan fingerprint density at radius 3 is 1.06 bits per heavy atom. The van der Waals surface area contributed by atoms with Crippen LogP contribution in [0.5, 0.6) is 0 Å². The predicted molar refractivity (Wildman–Crippen MR) is 137 cm³/mol. The Morgan fingerprint density at radius 1 is 0.375 bits per heavy atom. The smallest absolute Gasteiger partial charge is 0.0320 e. The van der Waals surface area contributed by atoms with E-state index < -0.39 is 0 Å². The molecule has 0 radical (unpaired) electrons. The molecular formula is C31H25N. The summed E-state index contributed by atoms with van der Waals surface area (Å²) in [7, 11) is 0. The van der Waals surface area contributed by atoms with Gasteiger partial charge in [-0.25, -0.2) is 0 Å². The maximum absolute atomic E-state index is 5.99. The summed E-state index contributed by atoms with van der Waals surface area (Å²) in [6.45, 7) is 2.13. The lowest BCUT2D eigenvalue weighted by atomic mass is 9.94. The second-order valence-corrected chi connectivity index (χ2v) is 8.24. The third kappa shape index (κ3) is 4.19. The third-order valence-electron chi connectivity index (χ3n) is 5.83. The van der Waals surface area contributed by atoms with Gasteiger partial charge in [0, 0.05) is 5.69 Å². The molecular weight excluding hydrogens is 386 g/mol. The van der Waals surface area contributed by atoms with E-state index in [-0.39, 0.29) is 0 Å². The van der Waals surface area contributed by atoms with Crippen LogP contribution in [0.15, 0.2) is 121 Å². The molecule has 1 nitrogen and oxygen atoms in total. The SMILES string of the molecule is Cc1cccc(-c2cccc(-c3cccc(-c4cccc(-c5cccc(N)c5)c4)c3)c2)c1. The van der Waals surface area contributed by atoms with Crippen molar-refractivity contribution in [1.29, 1.82) is 0 Å². The molecule has 0 aliphatic heterocycles. The van der Waals surface area contributed by atoms with Crippen molar-refractivity contribution in [2.45, 2.75) is 6.92 Å². The molecule has 5 rings (SSSR count). The topological polar surface area (TPSA) is 26.0 Å². The standard InChI is InChI=1S/C31H25N/c1-22-7-2-8-23(17-22)24-9-3-10-25(18-24)26-11-4-12-27(19-26)28-13-5-14-29(20-28)30-15-6-16-31(32)21-30/h2-21H,32H2,1H3. The van der Waals surface area contributed by atoms with E-state index in [1.165, 1.54) is 44.5 Å². The quantitative estimate of drug-likeness (QED) is 0.296. The Kier molecular flexibility index (Phi) is 5.31. The van der Waals surface area contributed by atoms with Gasteiger partial charge in [-0.2, -0.15) is 0 Å². The molecule has 2 N–H and O–H groups in total. The van der Waals surface area contributed by atoms with Crippen LogP contribution in [0.2, 0.25) is 0 Å². The monoisotopic (exact) mass is 411 g/mol. The van der Waals surface area contributed by atoms with E-state index in [0.717, 1.165) is 11.3 Å². The molecule has 0 unspecified atom stereocenters. The van der Waals surface area contributed by atoms with Crippen LogP contribution in [0, 0.1) is 6.92 Å². The summed E-state index contributed by atoms with van der Waals surface area (Å²) in [4.78, 5) is 0. The summed E-state index contributed by atoms with van der Waals surface area (Å²) >= 11 is 0.